The molecule has 57 heavy (non-hydrogen) atoms. The third kappa shape index (κ3) is 44.1. The topological polar surface area (TPSA) is 78.9 Å². The van der Waals surface area contributed by atoms with E-state index in [4.69, 9.17) is 14.2 Å². The maximum Gasteiger partial charge on any atom is 0.306 e. The number of esters is 3. The quantitative estimate of drug-likeness (QED) is 0.0265. The highest BCUT2D eigenvalue weighted by molar-refractivity contribution is 5.71. The standard InChI is InChI=1S/C51H88O6/c1-4-7-10-13-16-19-21-23-25-26-28-29-32-35-38-41-44-50(53)56-47-48(46-55-49(52)43-40-37-34-31-18-15-12-9-6-3)57-51(54)45-42-39-36-33-30-27-24-22-20-17-14-11-8-5-2/h7-8,10-11,16-17,19-20,23,25,48H,4-6,9,12-15,18,21-22,24,26-47H2,1-3H3/b10-7-,11-8-,19-16-,20-17-,25-23-. The predicted molar refractivity (Wildman–Crippen MR) is 242 cm³/mol. The number of hydrogen-bond donors (Lipinski definition) is 0. The summed E-state index contributed by atoms with van der Waals surface area (Å²) in [6, 6.07) is 0. The predicted octanol–water partition coefficient (Wildman–Crippen LogP) is 15.3. The number of carbonyl (C=O) groups excluding carboxylic acids is 3. The second kappa shape index (κ2) is 45.8. The van der Waals surface area contributed by atoms with Gasteiger partial charge in [0.1, 0.15) is 13.2 Å². The van der Waals surface area contributed by atoms with Crippen molar-refractivity contribution in [3.63, 3.8) is 0 Å². The van der Waals surface area contributed by atoms with Crippen LogP contribution in [0.5, 0.6) is 0 Å². The van der Waals surface area contributed by atoms with Crippen LogP contribution in [-0.2, 0) is 28.6 Å². The molecule has 0 radical (unpaired) electrons. The summed E-state index contributed by atoms with van der Waals surface area (Å²) in [7, 11) is 0. The molecular weight excluding hydrogens is 709 g/mol. The molecule has 328 valence electrons. The lowest BCUT2D eigenvalue weighted by Gasteiger charge is -2.18. The monoisotopic (exact) mass is 797 g/mol. The van der Waals surface area contributed by atoms with Crippen LogP contribution in [-0.4, -0.2) is 37.2 Å². The Kier molecular flexibility index (Phi) is 43.5. The van der Waals surface area contributed by atoms with Gasteiger partial charge in [-0.3, -0.25) is 14.4 Å². The minimum atomic E-state index is -0.779. The van der Waals surface area contributed by atoms with Crippen molar-refractivity contribution in [2.24, 2.45) is 0 Å². The Labute approximate surface area is 351 Å². The SMILES string of the molecule is CC/C=C\C/C=C\C/C=C\CCCCCCCCC(=O)OCC(COC(=O)CCCCCCCCCCC)OC(=O)CCCCCCCCC/C=C\C/C=C\CC. The first-order valence-electron chi connectivity index (χ1n) is 23.8. The highest BCUT2D eigenvalue weighted by atomic mass is 16.6. The minimum Gasteiger partial charge on any atom is -0.462 e. The number of hydrogen-bond acceptors (Lipinski definition) is 6. The van der Waals surface area contributed by atoms with Crippen LogP contribution in [0.1, 0.15) is 226 Å². The van der Waals surface area contributed by atoms with Gasteiger partial charge in [0.2, 0.25) is 0 Å². The van der Waals surface area contributed by atoms with Crippen LogP contribution in [0, 0.1) is 0 Å². The van der Waals surface area contributed by atoms with Gasteiger partial charge in [0, 0.05) is 19.3 Å². The molecule has 0 aromatic heterocycles. The first-order chi connectivity index (χ1) is 28.0. The molecule has 1 unspecified atom stereocenters. The highest BCUT2D eigenvalue weighted by Gasteiger charge is 2.19. The minimum absolute atomic E-state index is 0.0809. The van der Waals surface area contributed by atoms with Crippen molar-refractivity contribution in [2.75, 3.05) is 13.2 Å². The van der Waals surface area contributed by atoms with Crippen molar-refractivity contribution in [1.82, 2.24) is 0 Å². The van der Waals surface area contributed by atoms with Gasteiger partial charge in [-0.25, -0.2) is 0 Å². The van der Waals surface area contributed by atoms with Crippen molar-refractivity contribution < 1.29 is 28.6 Å². The van der Waals surface area contributed by atoms with Gasteiger partial charge in [0.25, 0.3) is 0 Å². The first kappa shape index (κ1) is 54.1. The molecule has 0 N–H and O–H groups in total. The Bertz CT molecular complexity index is 1050. The molecule has 0 aliphatic carbocycles. The van der Waals surface area contributed by atoms with Crippen molar-refractivity contribution in [3.05, 3.63) is 60.8 Å². The van der Waals surface area contributed by atoms with E-state index in [0.29, 0.717) is 19.3 Å². The van der Waals surface area contributed by atoms with Crippen LogP contribution in [0.15, 0.2) is 60.8 Å². The molecule has 0 bridgehead atoms. The Balaban J connectivity index is 4.37. The molecule has 0 heterocycles. The summed E-state index contributed by atoms with van der Waals surface area (Å²) in [5.74, 6) is -0.906. The summed E-state index contributed by atoms with van der Waals surface area (Å²) in [4.78, 5) is 37.8. The van der Waals surface area contributed by atoms with Crippen molar-refractivity contribution >= 4 is 17.9 Å². The van der Waals surface area contributed by atoms with Crippen molar-refractivity contribution in [3.8, 4) is 0 Å². The van der Waals surface area contributed by atoms with Crippen LogP contribution in [0.3, 0.4) is 0 Å². The molecule has 0 rings (SSSR count). The maximum atomic E-state index is 12.7. The summed E-state index contributed by atoms with van der Waals surface area (Å²) in [6.45, 7) is 6.38. The summed E-state index contributed by atoms with van der Waals surface area (Å²) in [6.07, 6.45) is 54.9. The van der Waals surface area contributed by atoms with Gasteiger partial charge in [0.15, 0.2) is 6.10 Å². The highest BCUT2D eigenvalue weighted by Crippen LogP contribution is 2.14. The average molecular weight is 797 g/mol. The third-order valence-corrected chi connectivity index (χ3v) is 10.0. The van der Waals surface area contributed by atoms with Gasteiger partial charge in [-0.1, -0.05) is 191 Å². The van der Waals surface area contributed by atoms with E-state index in [1.54, 1.807) is 0 Å². The number of ether oxygens (including phenoxy) is 3. The largest absolute Gasteiger partial charge is 0.462 e. The van der Waals surface area contributed by atoms with E-state index in [2.05, 4.69) is 81.5 Å². The van der Waals surface area contributed by atoms with Gasteiger partial charge in [-0.15, -0.1) is 0 Å². The lowest BCUT2D eigenvalue weighted by molar-refractivity contribution is -0.167. The molecule has 0 spiro atoms. The molecule has 1 atom stereocenters. The van der Waals surface area contributed by atoms with E-state index >= 15 is 0 Å². The summed E-state index contributed by atoms with van der Waals surface area (Å²) < 4.78 is 16.7. The van der Waals surface area contributed by atoms with E-state index < -0.39 is 6.10 Å². The number of unbranched alkanes of at least 4 members (excludes halogenated alkanes) is 21. The maximum absolute atomic E-state index is 12.7. The fraction of sp³-hybridized carbons (Fsp3) is 0.745. The molecule has 0 saturated heterocycles. The Hall–Kier alpha value is -2.89. The molecule has 0 saturated carbocycles. The molecule has 0 amide bonds. The third-order valence-electron chi connectivity index (χ3n) is 10.0. The molecular formula is C51H88O6. The molecule has 0 aromatic rings. The fourth-order valence-electron chi connectivity index (χ4n) is 6.49. The van der Waals surface area contributed by atoms with Crippen LogP contribution in [0.25, 0.3) is 0 Å². The molecule has 6 heteroatoms. The Morgan fingerprint density at radius 3 is 1.07 bits per heavy atom. The Morgan fingerprint density at radius 1 is 0.368 bits per heavy atom. The normalized spacial score (nSPS) is 12.5. The zero-order chi connectivity index (χ0) is 41.5. The number of allylic oxidation sites excluding steroid dienone is 10. The first-order valence-corrected chi connectivity index (χ1v) is 23.8. The summed E-state index contributed by atoms with van der Waals surface area (Å²) in [5, 5.41) is 0. The van der Waals surface area contributed by atoms with Gasteiger partial charge < -0.3 is 14.2 Å². The molecule has 0 aliphatic rings. The van der Waals surface area contributed by atoms with Crippen molar-refractivity contribution in [1.29, 1.82) is 0 Å². The van der Waals surface area contributed by atoms with Gasteiger partial charge in [-0.05, 0) is 77.0 Å². The lowest BCUT2D eigenvalue weighted by Crippen LogP contribution is -2.30. The van der Waals surface area contributed by atoms with Gasteiger partial charge >= 0.3 is 17.9 Å². The lowest BCUT2D eigenvalue weighted by atomic mass is 10.1. The van der Waals surface area contributed by atoms with Crippen LogP contribution in [0.4, 0.5) is 0 Å². The zero-order valence-electron chi connectivity index (χ0n) is 37.3. The average Bonchev–Trinajstić information content (AvgIpc) is 3.21. The summed E-state index contributed by atoms with van der Waals surface area (Å²) in [5.41, 5.74) is 0. The van der Waals surface area contributed by atoms with Crippen molar-refractivity contribution in [2.45, 2.75) is 232 Å². The fourth-order valence-corrected chi connectivity index (χ4v) is 6.49. The van der Waals surface area contributed by atoms with Crippen LogP contribution in [0.2, 0.25) is 0 Å². The van der Waals surface area contributed by atoms with E-state index in [1.165, 1.54) is 83.5 Å². The zero-order valence-corrected chi connectivity index (χ0v) is 37.3. The van der Waals surface area contributed by atoms with Crippen LogP contribution >= 0.6 is 0 Å². The molecule has 0 aromatic carbocycles. The van der Waals surface area contributed by atoms with E-state index in [0.717, 1.165) is 103 Å². The van der Waals surface area contributed by atoms with E-state index in [9.17, 15) is 14.4 Å². The second-order valence-corrected chi connectivity index (χ2v) is 15.6. The smallest absolute Gasteiger partial charge is 0.306 e. The molecule has 0 fully saturated rings. The van der Waals surface area contributed by atoms with E-state index in [-0.39, 0.29) is 31.1 Å². The molecule has 0 aliphatic heterocycles. The number of carbonyl (C=O) groups is 3. The number of rotatable bonds is 42. The Morgan fingerprint density at radius 2 is 0.684 bits per heavy atom. The second-order valence-electron chi connectivity index (χ2n) is 15.6. The molecule has 6 nitrogen and oxygen atoms in total. The van der Waals surface area contributed by atoms with Crippen LogP contribution < -0.4 is 0 Å². The van der Waals surface area contributed by atoms with Gasteiger partial charge in [-0.2, -0.15) is 0 Å². The van der Waals surface area contributed by atoms with E-state index in [1.807, 2.05) is 0 Å². The summed E-state index contributed by atoms with van der Waals surface area (Å²) >= 11 is 0. The van der Waals surface area contributed by atoms with Gasteiger partial charge in [0.05, 0.1) is 0 Å².